The number of hydrogen-bond acceptors (Lipinski definition) is 3. The zero-order valence-electron chi connectivity index (χ0n) is 12.3. The molecule has 2 aromatic carbocycles. The van der Waals surface area contributed by atoms with Gasteiger partial charge in [0, 0.05) is 12.1 Å². The van der Waals surface area contributed by atoms with E-state index in [1.165, 1.54) is 0 Å². The van der Waals surface area contributed by atoms with Gasteiger partial charge in [-0.15, -0.1) is 0 Å². The Balaban J connectivity index is 2.62. The molecule has 21 heavy (non-hydrogen) atoms. The minimum atomic E-state index is -1.83. The normalized spacial score (nSPS) is 13.9. The van der Waals surface area contributed by atoms with Gasteiger partial charge >= 0.3 is 0 Å². The van der Waals surface area contributed by atoms with Crippen LogP contribution in [-0.2, 0) is 16.9 Å². The number of hydrogen-bond donors (Lipinski definition) is 2. The van der Waals surface area contributed by atoms with Gasteiger partial charge in [0.1, 0.15) is 0 Å². The molecule has 0 saturated heterocycles. The van der Waals surface area contributed by atoms with E-state index in [0.29, 0.717) is 17.7 Å². The van der Waals surface area contributed by atoms with Crippen LogP contribution in [0.4, 0.5) is 0 Å². The van der Waals surface area contributed by atoms with Gasteiger partial charge in [-0.1, -0.05) is 54.6 Å². The Morgan fingerprint density at radius 1 is 1.10 bits per heavy atom. The molecule has 3 N–H and O–H groups in total. The number of rotatable bonds is 5. The van der Waals surface area contributed by atoms with Gasteiger partial charge in [-0.3, -0.25) is 4.79 Å². The van der Waals surface area contributed by atoms with E-state index >= 15 is 0 Å². The van der Waals surface area contributed by atoms with Crippen LogP contribution in [0.3, 0.4) is 0 Å². The first-order valence-electron chi connectivity index (χ1n) is 6.77. The molecule has 110 valence electrons. The van der Waals surface area contributed by atoms with E-state index in [2.05, 4.69) is 0 Å². The maximum absolute atomic E-state index is 12.0. The summed E-state index contributed by atoms with van der Waals surface area (Å²) in [6.45, 7) is 0.610. The van der Waals surface area contributed by atoms with Crippen LogP contribution < -0.4 is 5.73 Å². The standard InChI is InChI=1S/C17H20N2O2/c1-19(2)12-13-8-6-7-11-15(13)17(21,16(18)20)14-9-4-3-5-10-14/h3-11,21H,12H2,1-2H3,(H2,18,20). The molecule has 0 bridgehead atoms. The first kappa shape index (κ1) is 15.2. The molecule has 0 aliphatic rings. The number of primary amides is 1. The summed E-state index contributed by atoms with van der Waals surface area (Å²) in [6, 6.07) is 16.1. The van der Waals surface area contributed by atoms with E-state index in [4.69, 9.17) is 5.73 Å². The van der Waals surface area contributed by atoms with Crippen molar-refractivity contribution in [1.82, 2.24) is 4.90 Å². The number of carbonyl (C=O) groups is 1. The lowest BCUT2D eigenvalue weighted by molar-refractivity contribution is -0.133. The average Bonchev–Trinajstić information content (AvgIpc) is 2.47. The molecule has 4 heteroatoms. The molecule has 2 aromatic rings. The van der Waals surface area contributed by atoms with Crippen LogP contribution in [0.15, 0.2) is 54.6 Å². The average molecular weight is 284 g/mol. The third-order valence-corrected chi connectivity index (χ3v) is 3.44. The van der Waals surface area contributed by atoms with Crippen molar-refractivity contribution in [1.29, 1.82) is 0 Å². The molecule has 0 aliphatic carbocycles. The molecule has 0 heterocycles. The van der Waals surface area contributed by atoms with Gasteiger partial charge in [0.25, 0.3) is 5.91 Å². The lowest BCUT2D eigenvalue weighted by Crippen LogP contribution is -2.43. The highest BCUT2D eigenvalue weighted by molar-refractivity contribution is 5.89. The Labute approximate surface area is 124 Å². The van der Waals surface area contributed by atoms with E-state index in [9.17, 15) is 9.90 Å². The van der Waals surface area contributed by atoms with Gasteiger partial charge in [-0.05, 0) is 25.2 Å². The van der Waals surface area contributed by atoms with Gasteiger partial charge in [0.2, 0.25) is 0 Å². The summed E-state index contributed by atoms with van der Waals surface area (Å²) in [6.07, 6.45) is 0. The molecule has 0 saturated carbocycles. The Bertz CT molecular complexity index is 626. The van der Waals surface area contributed by atoms with Crippen LogP contribution in [0.1, 0.15) is 16.7 Å². The number of carbonyl (C=O) groups excluding carboxylic acids is 1. The summed E-state index contributed by atoms with van der Waals surface area (Å²) in [4.78, 5) is 14.0. The molecule has 1 amide bonds. The second-order valence-corrected chi connectivity index (χ2v) is 5.34. The summed E-state index contributed by atoms with van der Waals surface area (Å²) >= 11 is 0. The minimum absolute atomic E-state index is 0.476. The number of nitrogens with zero attached hydrogens (tertiary/aromatic N) is 1. The van der Waals surface area contributed by atoms with E-state index in [1.54, 1.807) is 36.4 Å². The van der Waals surface area contributed by atoms with Crippen LogP contribution in [0.5, 0.6) is 0 Å². The maximum Gasteiger partial charge on any atom is 0.258 e. The van der Waals surface area contributed by atoms with Crippen LogP contribution in [0, 0.1) is 0 Å². The molecule has 1 atom stereocenters. The molecule has 0 spiro atoms. The molecule has 0 radical (unpaired) electrons. The van der Waals surface area contributed by atoms with Crippen LogP contribution in [-0.4, -0.2) is 30.0 Å². The number of amides is 1. The zero-order valence-corrected chi connectivity index (χ0v) is 12.3. The Morgan fingerprint density at radius 2 is 1.67 bits per heavy atom. The van der Waals surface area contributed by atoms with Gasteiger partial charge in [-0.2, -0.15) is 0 Å². The first-order chi connectivity index (χ1) is 9.96. The Kier molecular flexibility index (Phi) is 4.40. The van der Waals surface area contributed by atoms with Crippen molar-refractivity contribution >= 4 is 5.91 Å². The quantitative estimate of drug-likeness (QED) is 0.873. The topological polar surface area (TPSA) is 66.6 Å². The predicted molar refractivity (Wildman–Crippen MR) is 82.5 cm³/mol. The van der Waals surface area contributed by atoms with Gasteiger partial charge in [0.05, 0.1) is 0 Å². The monoisotopic (exact) mass is 284 g/mol. The molecule has 2 rings (SSSR count). The highest BCUT2D eigenvalue weighted by atomic mass is 16.3. The maximum atomic E-state index is 12.0. The molecule has 4 nitrogen and oxygen atoms in total. The Hall–Kier alpha value is -2.17. The van der Waals surface area contributed by atoms with Crippen molar-refractivity contribution in [2.45, 2.75) is 12.1 Å². The molecular weight excluding hydrogens is 264 g/mol. The van der Waals surface area contributed by atoms with E-state index < -0.39 is 11.5 Å². The number of nitrogens with two attached hydrogens (primary N) is 1. The SMILES string of the molecule is CN(C)Cc1ccccc1C(O)(C(N)=O)c1ccccc1. The third-order valence-electron chi connectivity index (χ3n) is 3.44. The fraction of sp³-hybridized carbons (Fsp3) is 0.235. The van der Waals surface area contributed by atoms with E-state index in [0.717, 1.165) is 5.56 Å². The third kappa shape index (κ3) is 2.96. The molecule has 0 fully saturated rings. The second kappa shape index (κ2) is 6.08. The summed E-state index contributed by atoms with van der Waals surface area (Å²) in [5, 5.41) is 11.0. The largest absolute Gasteiger partial charge is 0.372 e. The van der Waals surface area contributed by atoms with Gasteiger partial charge in [-0.25, -0.2) is 0 Å². The van der Waals surface area contributed by atoms with Crippen molar-refractivity contribution < 1.29 is 9.90 Å². The van der Waals surface area contributed by atoms with E-state index in [1.807, 2.05) is 37.2 Å². The summed E-state index contributed by atoms with van der Waals surface area (Å²) in [5.74, 6) is -0.778. The van der Waals surface area contributed by atoms with Crippen LogP contribution in [0.2, 0.25) is 0 Å². The van der Waals surface area contributed by atoms with Crippen LogP contribution >= 0.6 is 0 Å². The summed E-state index contributed by atoms with van der Waals surface area (Å²) in [5.41, 5.74) is 5.58. The zero-order chi connectivity index (χ0) is 15.5. The van der Waals surface area contributed by atoms with Gasteiger partial charge < -0.3 is 15.7 Å². The lowest BCUT2D eigenvalue weighted by Gasteiger charge is -2.28. The highest BCUT2D eigenvalue weighted by Crippen LogP contribution is 2.32. The predicted octanol–water partition coefficient (Wildman–Crippen LogP) is 1.47. The van der Waals surface area contributed by atoms with Gasteiger partial charge in [0.15, 0.2) is 5.60 Å². The first-order valence-corrected chi connectivity index (χ1v) is 6.77. The second-order valence-electron chi connectivity index (χ2n) is 5.34. The molecular formula is C17H20N2O2. The summed E-state index contributed by atoms with van der Waals surface area (Å²) in [7, 11) is 3.87. The highest BCUT2D eigenvalue weighted by Gasteiger charge is 2.39. The molecule has 0 aliphatic heterocycles. The van der Waals surface area contributed by atoms with Crippen molar-refractivity contribution in [3.63, 3.8) is 0 Å². The number of aliphatic hydroxyl groups is 1. The molecule has 0 aromatic heterocycles. The fourth-order valence-electron chi connectivity index (χ4n) is 2.46. The fourth-order valence-corrected chi connectivity index (χ4v) is 2.46. The van der Waals surface area contributed by atoms with Crippen molar-refractivity contribution in [2.75, 3.05) is 14.1 Å². The number of benzene rings is 2. The summed E-state index contributed by atoms with van der Waals surface area (Å²) < 4.78 is 0. The lowest BCUT2D eigenvalue weighted by atomic mass is 9.83. The van der Waals surface area contributed by atoms with E-state index in [-0.39, 0.29) is 0 Å². The Morgan fingerprint density at radius 3 is 2.24 bits per heavy atom. The minimum Gasteiger partial charge on any atom is -0.372 e. The van der Waals surface area contributed by atoms with Crippen molar-refractivity contribution in [3.8, 4) is 0 Å². The smallest absolute Gasteiger partial charge is 0.258 e. The van der Waals surface area contributed by atoms with Crippen molar-refractivity contribution in [3.05, 3.63) is 71.3 Å². The molecule has 1 unspecified atom stereocenters. The van der Waals surface area contributed by atoms with Crippen molar-refractivity contribution in [2.24, 2.45) is 5.73 Å². The van der Waals surface area contributed by atoms with Crippen LogP contribution in [0.25, 0.3) is 0 Å².